The number of hydrogen-bond donors (Lipinski definition) is 1. The number of benzene rings is 1. The molecule has 3 heteroatoms. The Balaban J connectivity index is 1.91. The van der Waals surface area contributed by atoms with Crippen LogP contribution in [0.4, 0.5) is 0 Å². The first-order valence-electron chi connectivity index (χ1n) is 5.98. The Hall–Kier alpha value is -1.48. The molecule has 1 N–H and O–H groups in total. The van der Waals surface area contributed by atoms with Crippen molar-refractivity contribution in [2.75, 3.05) is 0 Å². The minimum absolute atomic E-state index is 0.672. The van der Waals surface area contributed by atoms with Crippen molar-refractivity contribution in [3.63, 3.8) is 0 Å². The number of aromatic amines is 1. The van der Waals surface area contributed by atoms with Gasteiger partial charge in [0.2, 0.25) is 0 Å². The lowest BCUT2D eigenvalue weighted by atomic mass is 9.80. The summed E-state index contributed by atoms with van der Waals surface area (Å²) in [6, 6.07) is 10.7. The maximum atomic E-state index is 5.08. The van der Waals surface area contributed by atoms with Gasteiger partial charge >= 0.3 is 0 Å². The third kappa shape index (κ3) is 2.15. The molecule has 86 valence electrons. The molecule has 1 fully saturated rings. The highest BCUT2D eigenvalue weighted by Crippen LogP contribution is 2.36. The van der Waals surface area contributed by atoms with Gasteiger partial charge in [0, 0.05) is 5.56 Å². The van der Waals surface area contributed by atoms with E-state index in [-0.39, 0.29) is 0 Å². The third-order valence-corrected chi connectivity index (χ3v) is 3.69. The molecule has 1 aromatic carbocycles. The molecule has 0 bridgehead atoms. The van der Waals surface area contributed by atoms with Crippen LogP contribution >= 0.6 is 12.2 Å². The normalized spacial score (nSPS) is 15.5. The molecule has 2 nitrogen and oxygen atoms in total. The van der Waals surface area contributed by atoms with Crippen LogP contribution in [0.1, 0.15) is 30.7 Å². The number of H-pyrrole nitrogens is 1. The average molecular weight is 242 g/mol. The second-order valence-electron chi connectivity index (χ2n) is 4.58. The number of nitrogens with zero attached hydrogens (tertiary/aromatic N) is 1. The van der Waals surface area contributed by atoms with Crippen molar-refractivity contribution in [3.8, 4) is 11.1 Å². The van der Waals surface area contributed by atoms with Crippen molar-refractivity contribution in [3.05, 3.63) is 46.7 Å². The van der Waals surface area contributed by atoms with Crippen molar-refractivity contribution in [2.24, 2.45) is 0 Å². The smallest absolute Gasteiger partial charge is 0.120 e. The van der Waals surface area contributed by atoms with E-state index in [1.807, 2.05) is 12.3 Å². The van der Waals surface area contributed by atoms with Gasteiger partial charge < -0.3 is 0 Å². The van der Waals surface area contributed by atoms with Gasteiger partial charge in [-0.25, -0.2) is 0 Å². The molecule has 3 rings (SSSR count). The number of rotatable bonds is 2. The Morgan fingerprint density at radius 2 is 1.88 bits per heavy atom. The van der Waals surface area contributed by atoms with Gasteiger partial charge in [0.25, 0.3) is 0 Å². The molecule has 0 spiro atoms. The van der Waals surface area contributed by atoms with E-state index in [9.17, 15) is 0 Å². The van der Waals surface area contributed by atoms with E-state index >= 15 is 0 Å². The van der Waals surface area contributed by atoms with Crippen LogP contribution in [-0.2, 0) is 0 Å². The summed E-state index contributed by atoms with van der Waals surface area (Å²) in [7, 11) is 0. The summed E-state index contributed by atoms with van der Waals surface area (Å²) in [5, 5.41) is 6.77. The van der Waals surface area contributed by atoms with E-state index in [0.717, 1.165) is 11.5 Å². The van der Waals surface area contributed by atoms with Gasteiger partial charge in [0.05, 0.1) is 6.20 Å². The molecule has 0 aliphatic heterocycles. The lowest BCUT2D eigenvalue weighted by Crippen LogP contribution is -2.08. The summed E-state index contributed by atoms with van der Waals surface area (Å²) in [4.78, 5) is 0. The molecule has 0 saturated heterocycles. The fourth-order valence-corrected chi connectivity index (χ4v) is 2.40. The summed E-state index contributed by atoms with van der Waals surface area (Å²) in [6.07, 6.45) is 5.88. The van der Waals surface area contributed by atoms with Gasteiger partial charge in [-0.05, 0) is 36.0 Å². The average Bonchev–Trinajstić information content (AvgIpc) is 2.28. The molecule has 1 heterocycles. The first-order chi connectivity index (χ1) is 8.33. The van der Waals surface area contributed by atoms with E-state index in [2.05, 4.69) is 34.5 Å². The summed E-state index contributed by atoms with van der Waals surface area (Å²) in [5.74, 6) is 0.792. The predicted molar refractivity (Wildman–Crippen MR) is 71.4 cm³/mol. The molecular formula is C14H14N2S. The largest absolute Gasteiger partial charge is 0.268 e. The van der Waals surface area contributed by atoms with Crippen LogP contribution in [0, 0.1) is 4.64 Å². The molecule has 2 aromatic rings. The zero-order valence-corrected chi connectivity index (χ0v) is 10.3. The highest BCUT2D eigenvalue weighted by molar-refractivity contribution is 7.71. The summed E-state index contributed by atoms with van der Waals surface area (Å²) >= 11 is 5.08. The highest BCUT2D eigenvalue weighted by Gasteiger charge is 2.18. The van der Waals surface area contributed by atoms with E-state index in [4.69, 9.17) is 12.2 Å². The zero-order chi connectivity index (χ0) is 11.7. The van der Waals surface area contributed by atoms with Gasteiger partial charge in [0.1, 0.15) is 4.64 Å². The molecule has 1 aromatic heterocycles. The van der Waals surface area contributed by atoms with Crippen LogP contribution in [0.15, 0.2) is 36.5 Å². The quantitative estimate of drug-likeness (QED) is 0.804. The second-order valence-corrected chi connectivity index (χ2v) is 5.02. The van der Waals surface area contributed by atoms with Crippen LogP contribution < -0.4 is 0 Å². The Bertz CT molecular complexity index is 567. The fourth-order valence-electron chi connectivity index (χ4n) is 2.22. The van der Waals surface area contributed by atoms with Crippen LogP contribution in [0.2, 0.25) is 0 Å². The summed E-state index contributed by atoms with van der Waals surface area (Å²) in [5.41, 5.74) is 3.73. The Morgan fingerprint density at radius 1 is 1.12 bits per heavy atom. The van der Waals surface area contributed by atoms with E-state index in [1.54, 1.807) is 0 Å². The number of nitrogens with one attached hydrogen (secondary N) is 1. The van der Waals surface area contributed by atoms with Gasteiger partial charge in [-0.15, -0.1) is 0 Å². The lowest BCUT2D eigenvalue weighted by molar-refractivity contribution is 0.420. The molecule has 1 aliphatic carbocycles. The Kier molecular flexibility index (Phi) is 2.77. The van der Waals surface area contributed by atoms with Crippen LogP contribution in [0.5, 0.6) is 0 Å². The third-order valence-electron chi connectivity index (χ3n) is 3.49. The molecule has 0 atom stereocenters. The monoisotopic (exact) mass is 242 g/mol. The van der Waals surface area contributed by atoms with Crippen LogP contribution in [0.25, 0.3) is 11.1 Å². The Morgan fingerprint density at radius 3 is 2.47 bits per heavy atom. The maximum Gasteiger partial charge on any atom is 0.120 e. The highest BCUT2D eigenvalue weighted by atomic mass is 32.1. The first kappa shape index (κ1) is 10.7. The number of hydrogen-bond acceptors (Lipinski definition) is 2. The zero-order valence-electron chi connectivity index (χ0n) is 9.52. The molecule has 0 unspecified atom stereocenters. The lowest BCUT2D eigenvalue weighted by Gasteiger charge is -2.25. The maximum absolute atomic E-state index is 5.08. The summed E-state index contributed by atoms with van der Waals surface area (Å²) in [6.45, 7) is 0. The van der Waals surface area contributed by atoms with Crippen molar-refractivity contribution >= 4 is 12.2 Å². The SMILES string of the molecule is S=c1cc(-c2ccc(C3CCC3)cc2)cn[nH]1. The van der Waals surface area contributed by atoms with Crippen molar-refractivity contribution in [2.45, 2.75) is 25.2 Å². The second kappa shape index (κ2) is 4.41. The minimum atomic E-state index is 0.672. The molecule has 0 radical (unpaired) electrons. The fraction of sp³-hybridized carbons (Fsp3) is 0.286. The van der Waals surface area contributed by atoms with Gasteiger partial charge in [-0.2, -0.15) is 5.10 Å². The van der Waals surface area contributed by atoms with Gasteiger partial charge in [0.15, 0.2) is 0 Å². The predicted octanol–water partition coefficient (Wildman–Crippen LogP) is 4.07. The minimum Gasteiger partial charge on any atom is -0.268 e. The topological polar surface area (TPSA) is 28.7 Å². The van der Waals surface area contributed by atoms with Gasteiger partial charge in [-0.3, -0.25) is 5.10 Å². The van der Waals surface area contributed by atoms with E-state index < -0.39 is 0 Å². The van der Waals surface area contributed by atoms with E-state index in [0.29, 0.717) is 4.64 Å². The Labute approximate surface area is 106 Å². The molecule has 17 heavy (non-hydrogen) atoms. The van der Waals surface area contributed by atoms with Crippen LogP contribution in [-0.4, -0.2) is 10.2 Å². The molecule has 1 aliphatic rings. The van der Waals surface area contributed by atoms with Crippen LogP contribution in [0.3, 0.4) is 0 Å². The van der Waals surface area contributed by atoms with Crippen molar-refractivity contribution < 1.29 is 0 Å². The summed E-state index contributed by atoms with van der Waals surface area (Å²) < 4.78 is 0.672. The van der Waals surface area contributed by atoms with E-state index in [1.165, 1.54) is 30.4 Å². The van der Waals surface area contributed by atoms with Gasteiger partial charge in [-0.1, -0.05) is 42.9 Å². The van der Waals surface area contributed by atoms with Crippen molar-refractivity contribution in [1.29, 1.82) is 0 Å². The first-order valence-corrected chi connectivity index (χ1v) is 6.39. The number of aromatic nitrogens is 2. The molecule has 0 amide bonds. The standard InChI is InChI=1S/C14H14N2S/c17-14-8-13(9-15-16-14)12-6-4-11(5-7-12)10-2-1-3-10/h4-10H,1-3H2,(H,16,17). The molecule has 1 saturated carbocycles. The molecular weight excluding hydrogens is 228 g/mol. The van der Waals surface area contributed by atoms with Crippen molar-refractivity contribution in [1.82, 2.24) is 10.2 Å².